The highest BCUT2D eigenvalue weighted by atomic mass is 127. The van der Waals surface area contributed by atoms with Gasteiger partial charge in [-0.05, 0) is 86.8 Å². The first-order valence-electron chi connectivity index (χ1n) is 11.5. The van der Waals surface area contributed by atoms with E-state index in [1.54, 1.807) is 0 Å². The number of fused-ring (bicyclic) bond motifs is 1. The first-order valence-corrected chi connectivity index (χ1v) is 13.5. The van der Waals surface area contributed by atoms with Crippen LogP contribution in [-0.2, 0) is 17.8 Å². The zero-order valence-electron chi connectivity index (χ0n) is 19.3. The van der Waals surface area contributed by atoms with Crippen LogP contribution in [-0.4, -0.2) is 11.4 Å². The van der Waals surface area contributed by atoms with Crippen LogP contribution < -0.4 is 15.4 Å². The Hall–Kier alpha value is -2.97. The van der Waals surface area contributed by atoms with E-state index in [0.29, 0.717) is 11.5 Å². The molecule has 0 aliphatic carbocycles. The maximum absolute atomic E-state index is 12.5. The molecule has 1 amide bonds. The van der Waals surface area contributed by atoms with Gasteiger partial charge in [0.1, 0.15) is 12.4 Å². The van der Waals surface area contributed by atoms with Crippen LogP contribution in [0, 0.1) is 3.57 Å². The predicted octanol–water partition coefficient (Wildman–Crippen LogP) is 7.19. The second-order valence-electron chi connectivity index (χ2n) is 8.29. The summed E-state index contributed by atoms with van der Waals surface area (Å²) in [6.45, 7) is 2.64. The number of nitrogens with one attached hydrogen (secondary N) is 2. The Morgan fingerprint density at radius 2 is 1.83 bits per heavy atom. The fourth-order valence-corrected chi connectivity index (χ4v) is 5.68. The topological polar surface area (TPSA) is 50.4 Å². The maximum atomic E-state index is 12.5. The van der Waals surface area contributed by atoms with E-state index in [1.165, 1.54) is 28.1 Å². The summed E-state index contributed by atoms with van der Waals surface area (Å²) in [5.41, 5.74) is 4.22. The molecular weight excluding hydrogens is 567 g/mol. The summed E-state index contributed by atoms with van der Waals surface area (Å²) < 4.78 is 7.16. The van der Waals surface area contributed by atoms with Gasteiger partial charge in [0.15, 0.2) is 5.50 Å². The van der Waals surface area contributed by atoms with E-state index in [-0.39, 0.29) is 11.4 Å². The van der Waals surface area contributed by atoms with Crippen molar-refractivity contribution in [2.24, 2.45) is 0 Å². The van der Waals surface area contributed by atoms with Crippen LogP contribution >= 0.6 is 34.4 Å². The van der Waals surface area contributed by atoms with Crippen molar-refractivity contribution in [3.63, 3.8) is 0 Å². The second-order valence-corrected chi connectivity index (χ2v) is 10.6. The van der Waals surface area contributed by atoms with Gasteiger partial charge in [0.05, 0.1) is 8.48 Å². The highest BCUT2D eigenvalue weighted by Gasteiger charge is 2.27. The molecule has 0 unspecified atom stereocenters. The van der Waals surface area contributed by atoms with E-state index in [4.69, 9.17) is 4.74 Å². The van der Waals surface area contributed by atoms with Gasteiger partial charge in [0.25, 0.3) is 5.91 Å². The summed E-state index contributed by atoms with van der Waals surface area (Å²) in [6, 6.07) is 28.9. The van der Waals surface area contributed by atoms with Gasteiger partial charge >= 0.3 is 0 Å². The third-order valence-electron chi connectivity index (χ3n) is 5.91. The van der Waals surface area contributed by atoms with Gasteiger partial charge in [-0.25, -0.2) is 0 Å². The zero-order chi connectivity index (χ0) is 24.2. The third-order valence-corrected chi connectivity index (χ3v) is 7.78. The molecule has 6 heteroatoms. The summed E-state index contributed by atoms with van der Waals surface area (Å²) in [5.74, 6) is 0.767. The molecule has 0 bridgehead atoms. The van der Waals surface area contributed by atoms with E-state index in [0.717, 1.165) is 32.6 Å². The van der Waals surface area contributed by atoms with Crippen molar-refractivity contribution in [1.29, 1.82) is 0 Å². The van der Waals surface area contributed by atoms with Gasteiger partial charge in [-0.3, -0.25) is 4.79 Å². The lowest BCUT2D eigenvalue weighted by molar-refractivity contribution is -0.116. The van der Waals surface area contributed by atoms with Crippen LogP contribution in [0.5, 0.6) is 5.75 Å². The molecule has 1 aliphatic heterocycles. The van der Waals surface area contributed by atoms with Crippen LogP contribution in [0.4, 0.5) is 5.69 Å². The molecule has 4 aromatic rings. The van der Waals surface area contributed by atoms with E-state index in [2.05, 4.69) is 88.7 Å². The number of benzene rings is 4. The number of ether oxygens (including phenoxy) is 1. The summed E-state index contributed by atoms with van der Waals surface area (Å²) in [6.07, 6.45) is 2.94. The Kier molecular flexibility index (Phi) is 7.29. The minimum absolute atomic E-state index is 0.0658. The normalized spacial score (nSPS) is 16.5. The Morgan fingerprint density at radius 1 is 1.03 bits per heavy atom. The lowest BCUT2D eigenvalue weighted by Gasteiger charge is -2.13. The van der Waals surface area contributed by atoms with Crippen molar-refractivity contribution in [2.75, 3.05) is 5.32 Å². The molecule has 2 N–H and O–H groups in total. The summed E-state index contributed by atoms with van der Waals surface area (Å²) in [7, 11) is 0. The third kappa shape index (κ3) is 5.65. The molecule has 4 nitrogen and oxygen atoms in total. The Labute approximate surface area is 223 Å². The average Bonchev–Trinajstić information content (AvgIpc) is 3.22. The molecule has 176 valence electrons. The smallest absolute Gasteiger partial charge is 0.260 e. The second kappa shape index (κ2) is 10.7. The molecule has 35 heavy (non-hydrogen) atoms. The fourth-order valence-electron chi connectivity index (χ4n) is 4.00. The van der Waals surface area contributed by atoms with E-state index < -0.39 is 0 Å². The number of carbonyl (C=O) groups is 1. The molecule has 0 radical (unpaired) electrons. The fraction of sp³-hybridized carbons (Fsp3) is 0.138. The van der Waals surface area contributed by atoms with Crippen LogP contribution in [0.3, 0.4) is 0 Å². The van der Waals surface area contributed by atoms with Gasteiger partial charge < -0.3 is 15.4 Å². The van der Waals surface area contributed by atoms with E-state index in [1.807, 2.05) is 42.5 Å². The average molecular weight is 593 g/mol. The van der Waals surface area contributed by atoms with Gasteiger partial charge in [0, 0.05) is 5.69 Å². The highest BCUT2D eigenvalue weighted by Crippen LogP contribution is 2.32. The molecule has 1 fully saturated rings. The quantitative estimate of drug-likeness (QED) is 0.176. The number of hydrogen-bond donors (Lipinski definition) is 2. The van der Waals surface area contributed by atoms with Crippen molar-refractivity contribution >= 4 is 62.8 Å². The number of amides is 1. The number of anilines is 1. The van der Waals surface area contributed by atoms with Crippen LogP contribution in [0.25, 0.3) is 16.8 Å². The molecule has 1 aliphatic rings. The number of thioether (sulfide) groups is 1. The molecule has 1 heterocycles. The van der Waals surface area contributed by atoms with Gasteiger partial charge in [-0.2, -0.15) is 0 Å². The van der Waals surface area contributed by atoms with E-state index >= 15 is 0 Å². The molecule has 0 spiro atoms. The van der Waals surface area contributed by atoms with Crippen LogP contribution in [0.2, 0.25) is 0 Å². The van der Waals surface area contributed by atoms with Crippen molar-refractivity contribution in [1.82, 2.24) is 5.32 Å². The standard InChI is InChI=1S/C29H25IN2O2S/c1-2-19-10-13-23(14-11-19)31-29-32-28(33)27(35-29)17-20-12-15-26(25(30)16-20)34-18-22-8-5-7-21-6-3-4-9-24(21)22/h3-17,29,31H,2,18H2,1H3,(H,32,33)/b27-17-/t29-/m1/s1. The maximum Gasteiger partial charge on any atom is 0.260 e. The molecule has 5 rings (SSSR count). The summed E-state index contributed by atoms with van der Waals surface area (Å²) in [5, 5.41) is 8.79. The Balaban J connectivity index is 1.24. The van der Waals surface area contributed by atoms with Crippen molar-refractivity contribution in [2.45, 2.75) is 25.4 Å². The molecule has 1 atom stereocenters. The number of halogens is 1. The molecule has 1 saturated heterocycles. The molecule has 4 aromatic carbocycles. The molecule has 0 aromatic heterocycles. The minimum atomic E-state index is -0.191. The highest BCUT2D eigenvalue weighted by molar-refractivity contribution is 14.1. The van der Waals surface area contributed by atoms with Crippen molar-refractivity contribution < 1.29 is 9.53 Å². The molecule has 0 saturated carbocycles. The zero-order valence-corrected chi connectivity index (χ0v) is 22.2. The first kappa shape index (κ1) is 23.8. The lowest BCUT2D eigenvalue weighted by atomic mass is 10.1. The van der Waals surface area contributed by atoms with E-state index in [9.17, 15) is 4.79 Å². The lowest BCUT2D eigenvalue weighted by Crippen LogP contribution is -2.30. The predicted molar refractivity (Wildman–Crippen MR) is 154 cm³/mol. The largest absolute Gasteiger partial charge is 0.488 e. The minimum Gasteiger partial charge on any atom is -0.488 e. The first-order chi connectivity index (χ1) is 17.1. The van der Waals surface area contributed by atoms with Crippen molar-refractivity contribution in [3.8, 4) is 5.75 Å². The van der Waals surface area contributed by atoms with Gasteiger partial charge in [0.2, 0.25) is 0 Å². The molecular formula is C29H25IN2O2S. The Morgan fingerprint density at radius 3 is 2.63 bits per heavy atom. The summed E-state index contributed by atoms with van der Waals surface area (Å²) in [4.78, 5) is 13.2. The number of aryl methyl sites for hydroxylation is 1. The monoisotopic (exact) mass is 592 g/mol. The van der Waals surface area contributed by atoms with Crippen LogP contribution in [0.1, 0.15) is 23.6 Å². The SMILES string of the molecule is CCc1ccc(N[C@@H]2NC(=O)/C(=C/c3ccc(OCc4cccc5ccccc45)c(I)c3)S2)cc1. The number of hydrogen-bond acceptors (Lipinski definition) is 4. The Bertz CT molecular complexity index is 1400. The van der Waals surface area contributed by atoms with Gasteiger partial charge in [-0.1, -0.05) is 79.3 Å². The summed E-state index contributed by atoms with van der Waals surface area (Å²) >= 11 is 3.78. The van der Waals surface area contributed by atoms with Crippen LogP contribution in [0.15, 0.2) is 89.8 Å². The van der Waals surface area contributed by atoms with Crippen molar-refractivity contribution in [3.05, 3.63) is 110 Å². The van der Waals surface area contributed by atoms with Gasteiger partial charge in [-0.15, -0.1) is 0 Å². The number of rotatable bonds is 7. The number of carbonyl (C=O) groups excluding carboxylic acids is 1.